The minimum Gasteiger partial charge on any atom is -0.171 e. The molecule has 0 aliphatic heterocycles. The van der Waals surface area contributed by atoms with Gasteiger partial charge in [0.25, 0.3) is 0 Å². The summed E-state index contributed by atoms with van der Waals surface area (Å²) >= 11 is 3.01. The first-order valence-electron chi connectivity index (χ1n) is 2.68. The second kappa shape index (κ2) is 2.15. The van der Waals surface area contributed by atoms with Gasteiger partial charge in [-0.15, -0.1) is 0 Å². The number of rotatable bonds is 1. The Bertz CT molecular complexity index is 109. The molecule has 1 aliphatic rings. The van der Waals surface area contributed by atoms with E-state index in [0.29, 0.717) is 11.8 Å². The molecule has 0 nitrogen and oxygen atoms in total. The van der Waals surface area contributed by atoms with Crippen molar-refractivity contribution in [3.05, 3.63) is 0 Å². The van der Waals surface area contributed by atoms with Crippen LogP contribution in [0.15, 0.2) is 0 Å². The first-order valence-corrected chi connectivity index (χ1v) is 3.80. The maximum Gasteiger partial charge on any atom is 0.392 e. The molecule has 0 radical (unpaired) electrons. The van der Waals surface area contributed by atoms with Crippen molar-refractivity contribution in [3.8, 4) is 0 Å². The Kier molecular flexibility index (Phi) is 1.76. The number of halogens is 4. The van der Waals surface area contributed by atoms with Gasteiger partial charge in [0.15, 0.2) is 0 Å². The molecule has 0 amide bonds. The molecule has 4 heteroatoms. The third-order valence-electron chi connectivity index (χ3n) is 1.54. The van der Waals surface area contributed by atoms with E-state index in [2.05, 4.69) is 15.9 Å². The first kappa shape index (κ1) is 7.38. The SMILES string of the molecule is FC(F)(F)C1CC1CBr. The third-order valence-corrected chi connectivity index (χ3v) is 2.37. The van der Waals surface area contributed by atoms with Crippen LogP contribution in [0.1, 0.15) is 6.42 Å². The summed E-state index contributed by atoms with van der Waals surface area (Å²) in [6.07, 6.45) is -3.63. The van der Waals surface area contributed by atoms with Crippen LogP contribution in [0.2, 0.25) is 0 Å². The summed E-state index contributed by atoms with van der Waals surface area (Å²) in [4.78, 5) is 0. The molecule has 0 bridgehead atoms. The molecule has 2 atom stereocenters. The maximum atomic E-state index is 11.7. The van der Waals surface area contributed by atoms with Crippen LogP contribution in [0.3, 0.4) is 0 Å². The summed E-state index contributed by atoms with van der Waals surface area (Å²) in [6, 6.07) is 0. The molecule has 2 unspecified atom stereocenters. The molecule has 54 valence electrons. The Balaban J connectivity index is 2.33. The van der Waals surface area contributed by atoms with Crippen molar-refractivity contribution in [2.45, 2.75) is 12.6 Å². The van der Waals surface area contributed by atoms with Gasteiger partial charge in [0.05, 0.1) is 5.92 Å². The molecule has 1 saturated carbocycles. The van der Waals surface area contributed by atoms with E-state index < -0.39 is 12.1 Å². The van der Waals surface area contributed by atoms with Gasteiger partial charge in [-0.3, -0.25) is 0 Å². The molecular formula is C5H6BrF3. The van der Waals surface area contributed by atoms with Crippen LogP contribution in [0.4, 0.5) is 13.2 Å². The number of alkyl halides is 4. The summed E-state index contributed by atoms with van der Waals surface area (Å²) < 4.78 is 35.0. The number of hydrogen-bond acceptors (Lipinski definition) is 0. The highest BCUT2D eigenvalue weighted by Crippen LogP contribution is 2.50. The van der Waals surface area contributed by atoms with E-state index in [1.807, 2.05) is 0 Å². The van der Waals surface area contributed by atoms with Crippen LogP contribution in [-0.4, -0.2) is 11.5 Å². The van der Waals surface area contributed by atoms with E-state index in [0.717, 1.165) is 0 Å². The second-order valence-corrected chi connectivity index (χ2v) is 2.95. The van der Waals surface area contributed by atoms with Crippen molar-refractivity contribution in [3.63, 3.8) is 0 Å². The predicted octanol–water partition coefficient (Wildman–Crippen LogP) is 2.58. The molecule has 0 aromatic carbocycles. The Morgan fingerprint density at radius 1 is 1.44 bits per heavy atom. The molecule has 0 spiro atoms. The molecule has 0 heterocycles. The van der Waals surface area contributed by atoms with Gasteiger partial charge in [-0.05, 0) is 12.3 Å². The number of hydrogen-bond donors (Lipinski definition) is 0. The zero-order valence-electron chi connectivity index (χ0n) is 4.58. The maximum absolute atomic E-state index is 11.7. The zero-order valence-corrected chi connectivity index (χ0v) is 6.17. The molecule has 0 saturated heterocycles. The van der Waals surface area contributed by atoms with E-state index in [1.165, 1.54) is 0 Å². The van der Waals surface area contributed by atoms with E-state index in [9.17, 15) is 13.2 Å². The monoisotopic (exact) mass is 202 g/mol. The largest absolute Gasteiger partial charge is 0.392 e. The molecule has 0 aromatic rings. The van der Waals surface area contributed by atoms with Crippen molar-refractivity contribution in [2.24, 2.45) is 11.8 Å². The molecule has 9 heavy (non-hydrogen) atoms. The third kappa shape index (κ3) is 1.60. The normalized spacial score (nSPS) is 34.7. The molecule has 0 N–H and O–H groups in total. The lowest BCUT2D eigenvalue weighted by atomic mass is 10.3. The van der Waals surface area contributed by atoms with Gasteiger partial charge in [0.2, 0.25) is 0 Å². The van der Waals surface area contributed by atoms with Crippen molar-refractivity contribution in [2.75, 3.05) is 5.33 Å². The molecule has 1 fully saturated rings. The Hall–Kier alpha value is 0.270. The van der Waals surface area contributed by atoms with Gasteiger partial charge in [-0.25, -0.2) is 0 Å². The summed E-state index contributed by atoms with van der Waals surface area (Å²) in [7, 11) is 0. The lowest BCUT2D eigenvalue weighted by molar-refractivity contribution is -0.150. The molecule has 1 rings (SSSR count). The smallest absolute Gasteiger partial charge is 0.171 e. The van der Waals surface area contributed by atoms with Crippen LogP contribution in [0, 0.1) is 11.8 Å². The second-order valence-electron chi connectivity index (χ2n) is 2.30. The highest BCUT2D eigenvalue weighted by atomic mass is 79.9. The van der Waals surface area contributed by atoms with Crippen LogP contribution in [0.25, 0.3) is 0 Å². The summed E-state index contributed by atoms with van der Waals surface area (Å²) in [5.41, 5.74) is 0. The van der Waals surface area contributed by atoms with Crippen molar-refractivity contribution < 1.29 is 13.2 Å². The van der Waals surface area contributed by atoms with Gasteiger partial charge in [0.1, 0.15) is 0 Å². The van der Waals surface area contributed by atoms with Gasteiger partial charge in [-0.2, -0.15) is 13.2 Å². The highest BCUT2D eigenvalue weighted by Gasteiger charge is 2.54. The van der Waals surface area contributed by atoms with Gasteiger partial charge in [-0.1, -0.05) is 15.9 Å². The van der Waals surface area contributed by atoms with E-state index in [4.69, 9.17) is 0 Å². The topological polar surface area (TPSA) is 0 Å². The van der Waals surface area contributed by atoms with Gasteiger partial charge in [0, 0.05) is 5.33 Å². The summed E-state index contributed by atoms with van der Waals surface area (Å²) in [6.45, 7) is 0. The standard InChI is InChI=1S/C5H6BrF3/c6-2-3-1-4(3)5(7,8)9/h3-4H,1-2H2. The fourth-order valence-corrected chi connectivity index (χ4v) is 1.53. The van der Waals surface area contributed by atoms with Crippen LogP contribution >= 0.6 is 15.9 Å². The van der Waals surface area contributed by atoms with Crippen LogP contribution < -0.4 is 0 Å². The Labute approximate surface area is 59.6 Å². The minimum absolute atomic E-state index is 0.148. The van der Waals surface area contributed by atoms with E-state index in [1.54, 1.807) is 0 Å². The molecule has 1 aliphatic carbocycles. The van der Waals surface area contributed by atoms with E-state index >= 15 is 0 Å². The first-order chi connectivity index (χ1) is 4.05. The van der Waals surface area contributed by atoms with Gasteiger partial charge >= 0.3 is 6.18 Å². The van der Waals surface area contributed by atoms with E-state index in [-0.39, 0.29) is 5.92 Å². The van der Waals surface area contributed by atoms with Crippen molar-refractivity contribution in [1.29, 1.82) is 0 Å². The average Bonchev–Trinajstić information content (AvgIpc) is 2.39. The van der Waals surface area contributed by atoms with Crippen LogP contribution in [0.5, 0.6) is 0 Å². The van der Waals surface area contributed by atoms with Gasteiger partial charge < -0.3 is 0 Å². The zero-order chi connectivity index (χ0) is 7.07. The van der Waals surface area contributed by atoms with Crippen molar-refractivity contribution in [1.82, 2.24) is 0 Å². The Morgan fingerprint density at radius 2 is 2.00 bits per heavy atom. The average molecular weight is 203 g/mol. The molecule has 0 aromatic heterocycles. The highest BCUT2D eigenvalue weighted by molar-refractivity contribution is 9.09. The quantitative estimate of drug-likeness (QED) is 0.574. The molecular weight excluding hydrogens is 197 g/mol. The van der Waals surface area contributed by atoms with Crippen molar-refractivity contribution >= 4 is 15.9 Å². The fraction of sp³-hybridized carbons (Fsp3) is 1.00. The minimum atomic E-state index is -3.95. The summed E-state index contributed by atoms with van der Waals surface area (Å²) in [5, 5.41) is 0.483. The lowest BCUT2D eigenvalue weighted by Gasteiger charge is -2.02. The van der Waals surface area contributed by atoms with Crippen LogP contribution in [-0.2, 0) is 0 Å². The summed E-state index contributed by atoms with van der Waals surface area (Å²) in [5.74, 6) is -1.16. The predicted molar refractivity (Wildman–Crippen MR) is 31.4 cm³/mol. The lowest BCUT2D eigenvalue weighted by Crippen LogP contribution is -2.11. The fourth-order valence-electron chi connectivity index (χ4n) is 0.819. The Morgan fingerprint density at radius 3 is 2.11 bits per heavy atom.